The minimum Gasteiger partial charge on any atom is -0.457 e. The van der Waals surface area contributed by atoms with Gasteiger partial charge in [-0.3, -0.25) is 4.57 Å². The van der Waals surface area contributed by atoms with Crippen molar-refractivity contribution in [2.24, 2.45) is 0 Å². The van der Waals surface area contributed by atoms with Crippen LogP contribution in [0.2, 0.25) is 0 Å². The average molecular weight is 1070 g/mol. The zero-order valence-corrected chi connectivity index (χ0v) is 48.4. The Labute approximate surface area is 470 Å². The third-order valence-corrected chi connectivity index (χ3v) is 15.9. The van der Waals surface area contributed by atoms with E-state index in [9.17, 15) is 4.39 Å². The van der Waals surface area contributed by atoms with Gasteiger partial charge in [0.15, 0.2) is 0 Å². The molecule has 0 fully saturated rings. The molecule has 10 aromatic rings. The van der Waals surface area contributed by atoms with Crippen molar-refractivity contribution in [1.29, 1.82) is 0 Å². The second kappa shape index (κ2) is 20.2. The van der Waals surface area contributed by atoms with Gasteiger partial charge in [-0.05, 0) is 139 Å². The third-order valence-electron chi connectivity index (χ3n) is 15.9. The van der Waals surface area contributed by atoms with Gasteiger partial charge in [0.1, 0.15) is 41.4 Å². The molecule has 0 saturated carbocycles. The second-order valence-corrected chi connectivity index (χ2v) is 25.4. The highest BCUT2D eigenvalue weighted by Crippen LogP contribution is 2.53. The van der Waals surface area contributed by atoms with Crippen molar-refractivity contribution in [3.63, 3.8) is 0 Å². The van der Waals surface area contributed by atoms with Crippen molar-refractivity contribution < 1.29 is 17.9 Å². The van der Waals surface area contributed by atoms with E-state index in [0.29, 0.717) is 22.7 Å². The van der Waals surface area contributed by atoms with E-state index >= 15 is 8.78 Å². The van der Waals surface area contributed by atoms with Gasteiger partial charge < -0.3 is 14.5 Å². The number of pyridine rings is 1. The first kappa shape index (κ1) is 53.9. The number of benzene rings is 8. The van der Waals surface area contributed by atoms with Gasteiger partial charge in [-0.1, -0.05) is 163 Å². The molecule has 0 aliphatic carbocycles. The van der Waals surface area contributed by atoms with Crippen LogP contribution in [0.5, 0.6) is 11.5 Å². The summed E-state index contributed by atoms with van der Waals surface area (Å²) in [6.45, 7) is 28.6. The highest BCUT2D eigenvalue weighted by molar-refractivity contribution is 6.09. The molecule has 0 spiro atoms. The number of hydrogen-bond acceptors (Lipinski definition) is 4. The number of aromatic nitrogens is 2. The molecule has 0 N–H and O–H groups in total. The molecule has 1 aliphatic heterocycles. The number of ether oxygens (including phenoxy) is 1. The molecule has 3 heterocycles. The Morgan fingerprint density at radius 2 is 1.07 bits per heavy atom. The number of anilines is 4. The van der Waals surface area contributed by atoms with E-state index in [1.54, 1.807) is 0 Å². The Balaban J connectivity index is 1.11. The molecule has 0 unspecified atom stereocenters. The first-order valence-electron chi connectivity index (χ1n) is 28.0. The third kappa shape index (κ3) is 10.1. The second-order valence-electron chi connectivity index (χ2n) is 25.4. The van der Waals surface area contributed by atoms with Crippen LogP contribution < -0.4 is 14.5 Å². The lowest BCUT2D eigenvalue weighted by atomic mass is 9.81. The van der Waals surface area contributed by atoms with Gasteiger partial charge in [0, 0.05) is 58.0 Å². The summed E-state index contributed by atoms with van der Waals surface area (Å²) in [5.74, 6) is -0.382. The lowest BCUT2D eigenvalue weighted by Gasteiger charge is -2.31. The predicted octanol–water partition coefficient (Wildman–Crippen LogP) is 20.8. The van der Waals surface area contributed by atoms with Crippen LogP contribution in [0.3, 0.4) is 0 Å². The van der Waals surface area contributed by atoms with E-state index in [2.05, 4.69) is 232 Å². The number of para-hydroxylation sites is 3. The summed E-state index contributed by atoms with van der Waals surface area (Å²) in [4.78, 5) is 9.35. The van der Waals surface area contributed by atoms with Crippen LogP contribution in [0.15, 0.2) is 170 Å². The molecule has 8 heteroatoms. The molecule has 2 aromatic heterocycles. The maximum atomic E-state index is 16.7. The minimum absolute atomic E-state index is 0.0446. The van der Waals surface area contributed by atoms with Gasteiger partial charge >= 0.3 is 0 Å². The van der Waals surface area contributed by atoms with Crippen molar-refractivity contribution in [3.05, 3.63) is 215 Å². The number of hydrogen-bond donors (Lipinski definition) is 0. The smallest absolute Gasteiger partial charge is 0.137 e. The van der Waals surface area contributed by atoms with E-state index in [4.69, 9.17) is 9.72 Å². The van der Waals surface area contributed by atoms with Crippen LogP contribution in [0.25, 0.3) is 61.0 Å². The van der Waals surface area contributed by atoms with Crippen molar-refractivity contribution in [2.45, 2.75) is 118 Å². The summed E-state index contributed by atoms with van der Waals surface area (Å²) < 4.78 is 57.7. The maximum absolute atomic E-state index is 16.7. The topological polar surface area (TPSA) is 33.5 Å². The Bertz CT molecular complexity index is 3970. The Kier molecular flexibility index (Phi) is 13.6. The standard InChI is InChI=1S/C72H71F3N4O/c1-43(2)46-30-47(44(3)4)32-49(31-46)59-35-52(72(11,12)13)36-60(68-61(74)38-53(73)39-62(68)75)69(59)78-42-77(64-20-16-17-21-65(64)78)54-33-48(45-22-24-50(25-23-45)70(5,6)7)34-56(40-54)80-55-26-27-58-57-18-14-15-19-63(57)79(66(58)41-55)67-37-51(28-29-76-67)71(8,9)10/h14-41,43-44H,42H2,1-13H3. The molecule has 11 rings (SSSR count). The monoisotopic (exact) mass is 1060 g/mol. The fourth-order valence-electron chi connectivity index (χ4n) is 11.2. The minimum atomic E-state index is -0.974. The molecule has 0 atom stereocenters. The van der Waals surface area contributed by atoms with Crippen LogP contribution in [0, 0.1) is 17.5 Å². The van der Waals surface area contributed by atoms with E-state index < -0.39 is 22.9 Å². The number of fused-ring (bicyclic) bond motifs is 4. The zero-order valence-electron chi connectivity index (χ0n) is 48.4. The summed E-state index contributed by atoms with van der Waals surface area (Å²) in [6, 6.07) is 54.6. The van der Waals surface area contributed by atoms with Gasteiger partial charge in [0.05, 0.1) is 33.7 Å². The molecule has 0 saturated heterocycles. The van der Waals surface area contributed by atoms with Gasteiger partial charge in [0.25, 0.3) is 0 Å². The number of nitrogens with zero attached hydrogens (tertiary/aromatic N) is 4. The van der Waals surface area contributed by atoms with Crippen molar-refractivity contribution in [3.8, 4) is 50.7 Å². The van der Waals surface area contributed by atoms with Crippen LogP contribution in [0.4, 0.5) is 35.9 Å². The lowest BCUT2D eigenvalue weighted by molar-refractivity contribution is 0.483. The van der Waals surface area contributed by atoms with Crippen molar-refractivity contribution >= 4 is 44.6 Å². The Morgan fingerprint density at radius 1 is 0.475 bits per heavy atom. The quantitative estimate of drug-likeness (QED) is 0.137. The molecule has 0 bridgehead atoms. The van der Waals surface area contributed by atoms with Gasteiger partial charge in [-0.15, -0.1) is 0 Å². The molecule has 8 aromatic carbocycles. The first-order chi connectivity index (χ1) is 37.9. The Morgan fingerprint density at radius 3 is 1.71 bits per heavy atom. The largest absolute Gasteiger partial charge is 0.457 e. The molecule has 80 heavy (non-hydrogen) atoms. The first-order valence-corrected chi connectivity index (χ1v) is 28.0. The van der Waals surface area contributed by atoms with Gasteiger partial charge in [0.2, 0.25) is 0 Å². The highest BCUT2D eigenvalue weighted by atomic mass is 19.1. The predicted molar refractivity (Wildman–Crippen MR) is 328 cm³/mol. The summed E-state index contributed by atoms with van der Waals surface area (Å²) in [5, 5.41) is 2.21. The normalized spacial score (nSPS) is 13.1. The zero-order chi connectivity index (χ0) is 56.7. The molecular formula is C72H71F3N4O. The van der Waals surface area contributed by atoms with Crippen molar-refractivity contribution in [1.82, 2.24) is 9.55 Å². The van der Waals surface area contributed by atoms with Crippen molar-refractivity contribution in [2.75, 3.05) is 16.5 Å². The summed E-state index contributed by atoms with van der Waals surface area (Å²) in [5.41, 5.74) is 14.1. The molecule has 0 amide bonds. The van der Waals surface area contributed by atoms with Crippen LogP contribution in [-0.2, 0) is 16.2 Å². The van der Waals surface area contributed by atoms with E-state index in [1.807, 2.05) is 30.5 Å². The van der Waals surface area contributed by atoms with E-state index in [-0.39, 0.29) is 34.9 Å². The maximum Gasteiger partial charge on any atom is 0.137 e. The highest BCUT2D eigenvalue weighted by Gasteiger charge is 2.35. The fraction of sp³-hybridized carbons (Fsp3) is 0.264. The molecular weight excluding hydrogens is 994 g/mol. The lowest BCUT2D eigenvalue weighted by Crippen LogP contribution is -2.25. The van der Waals surface area contributed by atoms with Gasteiger partial charge in [-0.25, -0.2) is 18.2 Å². The average Bonchev–Trinajstić information content (AvgIpc) is 4.01. The summed E-state index contributed by atoms with van der Waals surface area (Å²) in [6.07, 6.45) is 1.89. The Hall–Kier alpha value is -8.10. The van der Waals surface area contributed by atoms with Gasteiger partial charge in [-0.2, -0.15) is 0 Å². The van der Waals surface area contributed by atoms with E-state index in [1.165, 1.54) is 11.1 Å². The van der Waals surface area contributed by atoms with Crippen LogP contribution in [-0.4, -0.2) is 16.2 Å². The summed E-state index contributed by atoms with van der Waals surface area (Å²) in [7, 11) is 0. The molecule has 5 nitrogen and oxygen atoms in total. The van der Waals surface area contributed by atoms with Crippen LogP contribution in [0.1, 0.15) is 130 Å². The molecule has 1 aliphatic rings. The fourth-order valence-corrected chi connectivity index (χ4v) is 11.2. The molecule has 406 valence electrons. The van der Waals surface area contributed by atoms with E-state index in [0.717, 1.165) is 95.8 Å². The number of halogens is 3. The number of rotatable bonds is 10. The SMILES string of the molecule is CC(C)c1cc(-c2cc(C(C)(C)C)cc(-c3c(F)cc(F)cc3F)c2N2CN(c3cc(Oc4ccc5c6ccccc6n(-c6cc(C(C)(C)C)ccn6)c5c4)cc(-c4ccc(C(C)(C)C)cc4)c3)c3ccccc32)cc(C(C)C)c1. The van der Waals surface area contributed by atoms with Crippen LogP contribution >= 0.6 is 0 Å². The molecule has 0 radical (unpaired) electrons. The summed E-state index contributed by atoms with van der Waals surface area (Å²) >= 11 is 0.